The van der Waals surface area contributed by atoms with Gasteiger partial charge in [0.2, 0.25) is 0 Å². The maximum atomic E-state index is 5.75. The van der Waals surface area contributed by atoms with Crippen molar-refractivity contribution in [3.8, 4) is 0 Å². The highest BCUT2D eigenvalue weighted by Gasteiger charge is 2.04. The van der Waals surface area contributed by atoms with Crippen molar-refractivity contribution in [2.45, 2.75) is 33.4 Å². The van der Waals surface area contributed by atoms with Crippen molar-refractivity contribution >= 4 is 0 Å². The molecule has 0 amide bonds. The summed E-state index contributed by atoms with van der Waals surface area (Å²) in [6.45, 7) is 6.72. The molecular weight excluding hydrogens is 214 g/mol. The van der Waals surface area contributed by atoms with Gasteiger partial charge in [-0.3, -0.25) is 0 Å². The van der Waals surface area contributed by atoms with Gasteiger partial charge in [-0.2, -0.15) is 0 Å². The lowest BCUT2D eigenvalue weighted by Crippen LogP contribution is -2.13. The molecule has 0 fully saturated rings. The molecule has 1 N–H and O–H groups in total. The van der Waals surface area contributed by atoms with E-state index in [0.717, 1.165) is 43.4 Å². The zero-order valence-corrected chi connectivity index (χ0v) is 10.4. The van der Waals surface area contributed by atoms with Crippen LogP contribution in [-0.2, 0) is 13.1 Å². The zero-order valence-electron chi connectivity index (χ0n) is 10.4. The second kappa shape index (κ2) is 5.68. The van der Waals surface area contributed by atoms with Gasteiger partial charge >= 0.3 is 0 Å². The van der Waals surface area contributed by atoms with Gasteiger partial charge in [0, 0.05) is 12.4 Å². The fourth-order valence-electron chi connectivity index (χ4n) is 1.73. The number of aryl methyl sites for hydroxylation is 1. The lowest BCUT2D eigenvalue weighted by molar-refractivity contribution is 0.436. The standard InChI is InChI=1S/C13H19N3O/c1-3-6-14-9-12-4-5-13(17-12)10-16-8-7-15-11(16)2/h4-5,7-8,14H,3,6,9-10H2,1-2H3. The molecule has 0 aromatic carbocycles. The first kappa shape index (κ1) is 11.9. The van der Waals surface area contributed by atoms with E-state index in [-0.39, 0.29) is 0 Å². The van der Waals surface area contributed by atoms with E-state index in [9.17, 15) is 0 Å². The minimum absolute atomic E-state index is 0.750. The molecule has 0 bridgehead atoms. The maximum Gasteiger partial charge on any atom is 0.123 e. The summed E-state index contributed by atoms with van der Waals surface area (Å²) in [5, 5.41) is 3.32. The quantitative estimate of drug-likeness (QED) is 0.779. The van der Waals surface area contributed by atoms with Gasteiger partial charge in [0.05, 0.1) is 13.1 Å². The van der Waals surface area contributed by atoms with Crippen LogP contribution in [0.4, 0.5) is 0 Å². The minimum atomic E-state index is 0.750. The van der Waals surface area contributed by atoms with Gasteiger partial charge in [-0.15, -0.1) is 0 Å². The molecular formula is C13H19N3O. The number of hydrogen-bond acceptors (Lipinski definition) is 3. The predicted octanol–water partition coefficient (Wildman–Crippen LogP) is 2.33. The molecule has 17 heavy (non-hydrogen) atoms. The van der Waals surface area contributed by atoms with Crippen molar-refractivity contribution in [2.75, 3.05) is 6.54 Å². The van der Waals surface area contributed by atoms with Crippen LogP contribution >= 0.6 is 0 Å². The largest absolute Gasteiger partial charge is 0.463 e. The smallest absolute Gasteiger partial charge is 0.123 e. The Labute approximate surface area is 102 Å². The van der Waals surface area contributed by atoms with Crippen LogP contribution < -0.4 is 5.32 Å². The Morgan fingerprint density at radius 2 is 2.18 bits per heavy atom. The number of nitrogens with zero attached hydrogens (tertiary/aromatic N) is 2. The highest BCUT2D eigenvalue weighted by atomic mass is 16.3. The van der Waals surface area contributed by atoms with E-state index in [2.05, 4.69) is 21.8 Å². The molecule has 0 unspecified atom stereocenters. The first-order valence-corrected chi connectivity index (χ1v) is 6.05. The average Bonchev–Trinajstić information content (AvgIpc) is 2.91. The summed E-state index contributed by atoms with van der Waals surface area (Å²) in [6.07, 6.45) is 4.91. The zero-order chi connectivity index (χ0) is 12.1. The van der Waals surface area contributed by atoms with E-state index >= 15 is 0 Å². The Morgan fingerprint density at radius 1 is 1.35 bits per heavy atom. The summed E-state index contributed by atoms with van der Waals surface area (Å²) >= 11 is 0. The lowest BCUT2D eigenvalue weighted by atomic mass is 10.4. The molecule has 0 aliphatic carbocycles. The van der Waals surface area contributed by atoms with Gasteiger partial charge in [0.15, 0.2) is 0 Å². The van der Waals surface area contributed by atoms with E-state index in [1.54, 1.807) is 0 Å². The van der Waals surface area contributed by atoms with Crippen molar-refractivity contribution in [3.05, 3.63) is 41.9 Å². The maximum absolute atomic E-state index is 5.75. The van der Waals surface area contributed by atoms with Gasteiger partial charge in [0.25, 0.3) is 0 Å². The summed E-state index contributed by atoms with van der Waals surface area (Å²) < 4.78 is 7.82. The number of aromatic nitrogens is 2. The lowest BCUT2D eigenvalue weighted by Gasteiger charge is -2.02. The molecule has 2 heterocycles. The van der Waals surface area contributed by atoms with Gasteiger partial charge in [0.1, 0.15) is 17.3 Å². The van der Waals surface area contributed by atoms with E-state index in [1.807, 2.05) is 31.5 Å². The molecule has 4 nitrogen and oxygen atoms in total. The van der Waals surface area contributed by atoms with Crippen molar-refractivity contribution < 1.29 is 4.42 Å². The topological polar surface area (TPSA) is 43.0 Å². The summed E-state index contributed by atoms with van der Waals surface area (Å²) in [6, 6.07) is 4.06. The molecule has 0 aliphatic heterocycles. The van der Waals surface area contributed by atoms with Crippen LogP contribution in [0.25, 0.3) is 0 Å². The predicted molar refractivity (Wildman–Crippen MR) is 66.8 cm³/mol. The second-order valence-corrected chi connectivity index (χ2v) is 4.15. The van der Waals surface area contributed by atoms with E-state index in [4.69, 9.17) is 4.42 Å². The monoisotopic (exact) mass is 233 g/mol. The fraction of sp³-hybridized carbons (Fsp3) is 0.462. The molecule has 0 radical (unpaired) electrons. The van der Waals surface area contributed by atoms with Gasteiger partial charge in [-0.1, -0.05) is 6.92 Å². The third-order valence-electron chi connectivity index (χ3n) is 2.69. The Morgan fingerprint density at radius 3 is 2.88 bits per heavy atom. The van der Waals surface area contributed by atoms with Gasteiger partial charge in [-0.05, 0) is 32.0 Å². The molecule has 0 saturated carbocycles. The average molecular weight is 233 g/mol. The molecule has 92 valence electrons. The van der Waals surface area contributed by atoms with Crippen molar-refractivity contribution in [2.24, 2.45) is 0 Å². The highest BCUT2D eigenvalue weighted by molar-refractivity contribution is 5.08. The Bertz CT molecular complexity index is 459. The summed E-state index contributed by atoms with van der Waals surface area (Å²) in [4.78, 5) is 4.19. The number of furan rings is 1. The molecule has 0 spiro atoms. The Balaban J connectivity index is 1.92. The first-order valence-electron chi connectivity index (χ1n) is 6.05. The van der Waals surface area contributed by atoms with Crippen molar-refractivity contribution in [1.29, 1.82) is 0 Å². The van der Waals surface area contributed by atoms with Crippen LogP contribution in [0.1, 0.15) is 30.7 Å². The fourth-order valence-corrected chi connectivity index (χ4v) is 1.73. The van der Waals surface area contributed by atoms with Crippen LogP contribution in [0.5, 0.6) is 0 Å². The van der Waals surface area contributed by atoms with E-state index in [0.29, 0.717) is 0 Å². The summed E-state index contributed by atoms with van der Waals surface area (Å²) in [5.74, 6) is 2.97. The Hall–Kier alpha value is -1.55. The molecule has 4 heteroatoms. The summed E-state index contributed by atoms with van der Waals surface area (Å²) in [7, 11) is 0. The first-order chi connectivity index (χ1) is 8.29. The number of hydrogen-bond donors (Lipinski definition) is 1. The van der Waals surface area contributed by atoms with Crippen LogP contribution in [0.15, 0.2) is 28.9 Å². The van der Waals surface area contributed by atoms with Crippen molar-refractivity contribution in [3.63, 3.8) is 0 Å². The second-order valence-electron chi connectivity index (χ2n) is 4.15. The minimum Gasteiger partial charge on any atom is -0.463 e. The van der Waals surface area contributed by atoms with Gasteiger partial charge in [-0.25, -0.2) is 4.98 Å². The van der Waals surface area contributed by atoms with Crippen LogP contribution in [0, 0.1) is 6.92 Å². The van der Waals surface area contributed by atoms with Crippen molar-refractivity contribution in [1.82, 2.24) is 14.9 Å². The molecule has 2 aromatic heterocycles. The van der Waals surface area contributed by atoms with Crippen LogP contribution in [0.3, 0.4) is 0 Å². The number of imidazole rings is 1. The van der Waals surface area contributed by atoms with E-state index in [1.165, 1.54) is 0 Å². The van der Waals surface area contributed by atoms with Gasteiger partial charge < -0.3 is 14.3 Å². The number of rotatable bonds is 6. The van der Waals surface area contributed by atoms with Crippen LogP contribution in [-0.4, -0.2) is 16.1 Å². The molecule has 0 saturated heterocycles. The number of nitrogens with one attached hydrogen (secondary N) is 1. The molecule has 2 aromatic rings. The summed E-state index contributed by atoms with van der Waals surface area (Å²) in [5.41, 5.74) is 0. The Kier molecular flexibility index (Phi) is 3.98. The van der Waals surface area contributed by atoms with Crippen LogP contribution in [0.2, 0.25) is 0 Å². The third-order valence-corrected chi connectivity index (χ3v) is 2.69. The SMILES string of the molecule is CCCNCc1ccc(Cn2ccnc2C)o1. The molecule has 2 rings (SSSR count). The molecule has 0 aliphatic rings. The third kappa shape index (κ3) is 3.20. The highest BCUT2D eigenvalue weighted by Crippen LogP contribution is 2.10. The van der Waals surface area contributed by atoms with E-state index < -0.39 is 0 Å². The molecule has 0 atom stereocenters. The normalized spacial score (nSPS) is 10.9.